The number of carbonyl (C=O) groups is 1. The Hall–Kier alpha value is -1.91. The zero-order chi connectivity index (χ0) is 13.1. The fourth-order valence-corrected chi connectivity index (χ4v) is 2.46. The molecule has 96 valence electrons. The number of benzene rings is 1. The summed E-state index contributed by atoms with van der Waals surface area (Å²) in [5.41, 5.74) is 0.771. The minimum atomic E-state index is -0.407. The molecule has 0 fully saturated rings. The number of hydrogen-bond donors (Lipinski definition) is 0. The molecule has 0 saturated heterocycles. The van der Waals surface area contributed by atoms with Gasteiger partial charge in [-0.3, -0.25) is 14.9 Å². The lowest BCUT2D eigenvalue weighted by molar-refractivity contribution is -0.484. The highest BCUT2D eigenvalue weighted by Gasteiger charge is 2.39. The van der Waals surface area contributed by atoms with Crippen LogP contribution in [0.15, 0.2) is 24.3 Å². The first-order valence-corrected chi connectivity index (χ1v) is 6.06. The van der Waals surface area contributed by atoms with E-state index in [4.69, 9.17) is 4.74 Å². The molecule has 1 aromatic rings. The topological polar surface area (TPSA) is 69.4 Å². The number of hydrogen-bond acceptors (Lipinski definition) is 4. The van der Waals surface area contributed by atoms with Crippen molar-refractivity contribution in [3.05, 3.63) is 39.9 Å². The van der Waals surface area contributed by atoms with Crippen LogP contribution in [0.3, 0.4) is 0 Å². The number of nitro groups is 1. The normalized spacial score (nSPS) is 22.2. The van der Waals surface area contributed by atoms with E-state index in [0.717, 1.165) is 12.0 Å². The van der Waals surface area contributed by atoms with Crippen LogP contribution in [0, 0.1) is 16.0 Å². The van der Waals surface area contributed by atoms with Crippen LogP contribution in [-0.2, 0) is 4.79 Å². The minimum Gasteiger partial charge on any atom is -0.426 e. The summed E-state index contributed by atoms with van der Waals surface area (Å²) in [6.07, 6.45) is 1.42. The van der Waals surface area contributed by atoms with Crippen molar-refractivity contribution in [2.75, 3.05) is 6.54 Å². The molecule has 1 aromatic carbocycles. The number of esters is 1. The Morgan fingerprint density at radius 3 is 2.72 bits per heavy atom. The predicted molar refractivity (Wildman–Crippen MR) is 65.1 cm³/mol. The molecule has 5 heteroatoms. The van der Waals surface area contributed by atoms with Gasteiger partial charge in [-0.25, -0.2) is 0 Å². The minimum absolute atomic E-state index is 0.225. The molecule has 0 aromatic heterocycles. The summed E-state index contributed by atoms with van der Waals surface area (Å²) >= 11 is 0. The second-order valence-corrected chi connectivity index (χ2v) is 4.48. The van der Waals surface area contributed by atoms with Crippen molar-refractivity contribution in [3.8, 4) is 5.75 Å². The van der Waals surface area contributed by atoms with Crippen molar-refractivity contribution >= 4 is 5.97 Å². The van der Waals surface area contributed by atoms with Crippen molar-refractivity contribution in [2.45, 2.75) is 25.7 Å². The Bertz CT molecular complexity index is 472. The molecule has 5 nitrogen and oxygen atoms in total. The molecule has 0 N–H and O–H groups in total. The maximum atomic E-state index is 11.9. The summed E-state index contributed by atoms with van der Waals surface area (Å²) in [7, 11) is 0. The van der Waals surface area contributed by atoms with Crippen LogP contribution in [-0.4, -0.2) is 17.4 Å². The van der Waals surface area contributed by atoms with E-state index in [1.807, 2.05) is 13.0 Å². The van der Waals surface area contributed by atoms with Crippen molar-refractivity contribution in [3.63, 3.8) is 0 Å². The Morgan fingerprint density at radius 1 is 1.33 bits per heavy atom. The van der Waals surface area contributed by atoms with Gasteiger partial charge in [-0.05, 0) is 12.5 Å². The molecule has 0 bridgehead atoms. The van der Waals surface area contributed by atoms with E-state index in [2.05, 4.69) is 0 Å². The summed E-state index contributed by atoms with van der Waals surface area (Å²) in [5, 5.41) is 10.8. The van der Waals surface area contributed by atoms with Gasteiger partial charge in [0.25, 0.3) is 0 Å². The molecule has 1 aliphatic rings. The standard InChI is InChI=1S/C13H15NO4/c1-2-5-10-11(8-14(16)17)9-6-3-4-7-12(9)18-13(10)15/h3-4,6-7,10-11H,2,5,8H2,1H3/t10-,11-/m1/s1. The molecular formula is C13H15NO4. The smallest absolute Gasteiger partial charge is 0.315 e. The first-order valence-electron chi connectivity index (χ1n) is 6.06. The van der Waals surface area contributed by atoms with Gasteiger partial charge in [-0.2, -0.15) is 0 Å². The van der Waals surface area contributed by atoms with Gasteiger partial charge in [0.15, 0.2) is 0 Å². The molecule has 0 saturated carbocycles. The van der Waals surface area contributed by atoms with Gasteiger partial charge in [0.05, 0.1) is 11.8 Å². The van der Waals surface area contributed by atoms with Gasteiger partial charge in [-0.1, -0.05) is 31.5 Å². The van der Waals surface area contributed by atoms with Crippen LogP contribution in [0.1, 0.15) is 31.2 Å². The van der Waals surface area contributed by atoms with Gasteiger partial charge in [0, 0.05) is 10.5 Å². The number of carbonyl (C=O) groups excluding carboxylic acids is 1. The van der Waals surface area contributed by atoms with Crippen molar-refractivity contribution in [1.29, 1.82) is 0 Å². The fraction of sp³-hybridized carbons (Fsp3) is 0.462. The second kappa shape index (κ2) is 5.16. The average molecular weight is 249 g/mol. The Kier molecular flexibility index (Phi) is 3.60. The Balaban J connectivity index is 2.39. The lowest BCUT2D eigenvalue weighted by Gasteiger charge is -2.29. The monoisotopic (exact) mass is 249 g/mol. The molecule has 0 unspecified atom stereocenters. The Labute approximate surface area is 105 Å². The number of para-hydroxylation sites is 1. The maximum absolute atomic E-state index is 11.9. The van der Waals surface area contributed by atoms with E-state index in [1.54, 1.807) is 18.2 Å². The van der Waals surface area contributed by atoms with E-state index >= 15 is 0 Å². The summed E-state index contributed by atoms with van der Waals surface area (Å²) in [6, 6.07) is 7.06. The molecule has 0 spiro atoms. The highest BCUT2D eigenvalue weighted by molar-refractivity contribution is 5.79. The molecule has 0 amide bonds. The van der Waals surface area contributed by atoms with Gasteiger partial charge in [-0.15, -0.1) is 0 Å². The van der Waals surface area contributed by atoms with Crippen LogP contribution in [0.25, 0.3) is 0 Å². The number of ether oxygens (including phenoxy) is 1. The van der Waals surface area contributed by atoms with Crippen molar-refractivity contribution in [1.82, 2.24) is 0 Å². The number of fused-ring (bicyclic) bond motifs is 1. The van der Waals surface area contributed by atoms with Gasteiger partial charge in [0.2, 0.25) is 6.54 Å². The maximum Gasteiger partial charge on any atom is 0.315 e. The molecule has 1 aliphatic heterocycles. The summed E-state index contributed by atoms with van der Waals surface area (Å²) < 4.78 is 5.25. The lowest BCUT2D eigenvalue weighted by atomic mass is 9.81. The fourth-order valence-electron chi connectivity index (χ4n) is 2.46. The summed E-state index contributed by atoms with van der Waals surface area (Å²) in [4.78, 5) is 22.3. The molecule has 18 heavy (non-hydrogen) atoms. The third kappa shape index (κ3) is 2.34. The van der Waals surface area contributed by atoms with E-state index in [9.17, 15) is 14.9 Å². The first kappa shape index (κ1) is 12.5. The van der Waals surface area contributed by atoms with Gasteiger partial charge >= 0.3 is 5.97 Å². The van der Waals surface area contributed by atoms with Crippen molar-refractivity contribution < 1.29 is 14.5 Å². The first-order chi connectivity index (χ1) is 8.63. The van der Waals surface area contributed by atoms with Crippen molar-refractivity contribution in [2.24, 2.45) is 5.92 Å². The van der Waals surface area contributed by atoms with Crippen LogP contribution in [0.2, 0.25) is 0 Å². The average Bonchev–Trinajstić information content (AvgIpc) is 2.33. The highest BCUT2D eigenvalue weighted by Crippen LogP contribution is 2.39. The van der Waals surface area contributed by atoms with E-state index in [1.165, 1.54) is 0 Å². The van der Waals surface area contributed by atoms with Crippen LogP contribution >= 0.6 is 0 Å². The molecule has 2 atom stereocenters. The third-order valence-electron chi connectivity index (χ3n) is 3.26. The SMILES string of the molecule is CCC[C@H]1C(=O)Oc2ccccc2[C@H]1C[N+](=O)[O-]. The quantitative estimate of drug-likeness (QED) is 0.355. The second-order valence-electron chi connectivity index (χ2n) is 4.48. The molecule has 1 heterocycles. The summed E-state index contributed by atoms with van der Waals surface area (Å²) in [6.45, 7) is 1.73. The summed E-state index contributed by atoms with van der Waals surface area (Å²) in [5.74, 6) is -0.670. The van der Waals surface area contributed by atoms with E-state index in [0.29, 0.717) is 12.2 Å². The lowest BCUT2D eigenvalue weighted by Crippen LogP contribution is -2.35. The molecule has 0 radical (unpaired) electrons. The van der Waals surface area contributed by atoms with Gasteiger partial charge in [0.1, 0.15) is 5.75 Å². The molecule has 0 aliphatic carbocycles. The van der Waals surface area contributed by atoms with E-state index in [-0.39, 0.29) is 23.4 Å². The van der Waals surface area contributed by atoms with E-state index < -0.39 is 5.92 Å². The Morgan fingerprint density at radius 2 is 2.06 bits per heavy atom. The van der Waals surface area contributed by atoms with Gasteiger partial charge < -0.3 is 4.74 Å². The van der Waals surface area contributed by atoms with Crippen LogP contribution in [0.5, 0.6) is 5.75 Å². The molecular weight excluding hydrogens is 234 g/mol. The predicted octanol–water partition coefficient (Wildman–Crippen LogP) is 2.38. The van der Waals surface area contributed by atoms with Crippen LogP contribution in [0.4, 0.5) is 0 Å². The zero-order valence-corrected chi connectivity index (χ0v) is 10.2. The third-order valence-corrected chi connectivity index (χ3v) is 3.26. The number of rotatable bonds is 4. The largest absolute Gasteiger partial charge is 0.426 e. The van der Waals surface area contributed by atoms with Crippen LogP contribution < -0.4 is 4.74 Å². The number of nitrogens with zero attached hydrogens (tertiary/aromatic N) is 1. The highest BCUT2D eigenvalue weighted by atomic mass is 16.6. The molecule has 2 rings (SSSR count). The zero-order valence-electron chi connectivity index (χ0n) is 10.2.